The number of halogens is 1. The predicted molar refractivity (Wildman–Crippen MR) is 106 cm³/mol. The van der Waals surface area contributed by atoms with Gasteiger partial charge in [0.2, 0.25) is 5.91 Å². The van der Waals surface area contributed by atoms with Crippen LogP contribution in [-0.4, -0.2) is 25.5 Å². The third-order valence-corrected chi connectivity index (χ3v) is 4.56. The Morgan fingerprint density at radius 3 is 2.85 bits per heavy atom. The van der Waals surface area contributed by atoms with E-state index in [1.165, 1.54) is 0 Å². The Morgan fingerprint density at radius 2 is 2.00 bits per heavy atom. The van der Waals surface area contributed by atoms with Crippen molar-refractivity contribution < 1.29 is 4.79 Å². The summed E-state index contributed by atoms with van der Waals surface area (Å²) in [7, 11) is 0. The minimum absolute atomic E-state index is 0.0676. The van der Waals surface area contributed by atoms with Crippen molar-refractivity contribution in [2.75, 3.05) is 5.32 Å². The lowest BCUT2D eigenvalue weighted by molar-refractivity contribution is -0.116. The minimum atomic E-state index is -0.0676. The first-order chi connectivity index (χ1) is 13.2. The molecule has 1 N–H and O–H groups in total. The molecule has 7 heteroatoms. The fraction of sp³-hybridized carbons (Fsp3) is 0.150. The van der Waals surface area contributed by atoms with Gasteiger partial charge in [0, 0.05) is 29.9 Å². The molecular formula is C20H18ClN5O. The summed E-state index contributed by atoms with van der Waals surface area (Å²) in [5.41, 5.74) is 2.77. The van der Waals surface area contributed by atoms with Crippen LogP contribution in [0.2, 0.25) is 5.15 Å². The first-order valence-corrected chi connectivity index (χ1v) is 9.04. The summed E-state index contributed by atoms with van der Waals surface area (Å²) in [4.78, 5) is 12.4. The number of rotatable bonds is 6. The summed E-state index contributed by atoms with van der Waals surface area (Å²) in [6.45, 7) is 1.13. The molecule has 136 valence electrons. The fourth-order valence-electron chi connectivity index (χ4n) is 3.02. The smallest absolute Gasteiger partial charge is 0.226 e. The Hall–Kier alpha value is -3.12. The van der Waals surface area contributed by atoms with Gasteiger partial charge in [-0.25, -0.2) is 0 Å². The van der Waals surface area contributed by atoms with E-state index in [0.29, 0.717) is 24.7 Å². The molecule has 0 aliphatic carbocycles. The summed E-state index contributed by atoms with van der Waals surface area (Å²) in [6.07, 6.45) is 3.97. The lowest BCUT2D eigenvalue weighted by Gasteiger charge is -2.08. The molecule has 0 radical (unpaired) electrons. The largest absolute Gasteiger partial charge is 0.326 e. The molecule has 27 heavy (non-hydrogen) atoms. The van der Waals surface area contributed by atoms with Crippen LogP contribution in [0.25, 0.3) is 10.9 Å². The maximum absolute atomic E-state index is 12.4. The average molecular weight is 380 g/mol. The van der Waals surface area contributed by atoms with Crippen molar-refractivity contribution in [1.82, 2.24) is 19.6 Å². The van der Waals surface area contributed by atoms with Crippen LogP contribution >= 0.6 is 11.6 Å². The predicted octanol–water partition coefficient (Wildman–Crippen LogP) is 3.96. The average Bonchev–Trinajstić information content (AvgIpc) is 3.29. The van der Waals surface area contributed by atoms with Gasteiger partial charge in [0.05, 0.1) is 18.6 Å². The Balaban J connectivity index is 1.39. The highest BCUT2D eigenvalue weighted by atomic mass is 35.5. The zero-order chi connectivity index (χ0) is 18.6. The summed E-state index contributed by atoms with van der Waals surface area (Å²) >= 11 is 6.16. The van der Waals surface area contributed by atoms with Crippen molar-refractivity contribution >= 4 is 34.1 Å². The Kier molecular flexibility index (Phi) is 4.89. The highest BCUT2D eigenvalue weighted by Gasteiger charge is 2.10. The second-order valence-electron chi connectivity index (χ2n) is 6.23. The third-order valence-electron chi connectivity index (χ3n) is 4.28. The van der Waals surface area contributed by atoms with E-state index in [2.05, 4.69) is 15.5 Å². The highest BCUT2D eigenvalue weighted by molar-refractivity contribution is 6.34. The van der Waals surface area contributed by atoms with Gasteiger partial charge in [0.15, 0.2) is 5.15 Å². The van der Waals surface area contributed by atoms with E-state index >= 15 is 0 Å². The van der Waals surface area contributed by atoms with Crippen LogP contribution in [0.5, 0.6) is 0 Å². The molecule has 0 saturated carbocycles. The van der Waals surface area contributed by atoms with Crippen LogP contribution in [0, 0.1) is 0 Å². The van der Waals surface area contributed by atoms with E-state index in [1.807, 2.05) is 65.5 Å². The molecule has 0 spiro atoms. The molecule has 6 nitrogen and oxygen atoms in total. The van der Waals surface area contributed by atoms with E-state index in [1.54, 1.807) is 10.9 Å². The Bertz CT molecular complexity index is 1070. The van der Waals surface area contributed by atoms with Crippen molar-refractivity contribution in [3.05, 3.63) is 77.7 Å². The lowest BCUT2D eigenvalue weighted by atomic mass is 10.2. The van der Waals surface area contributed by atoms with Crippen LogP contribution in [0.15, 0.2) is 67.0 Å². The molecule has 4 rings (SSSR count). The molecule has 2 heterocycles. The molecule has 0 atom stereocenters. The number of nitrogens with zero attached hydrogens (tertiary/aromatic N) is 4. The second-order valence-corrected chi connectivity index (χ2v) is 6.59. The van der Waals surface area contributed by atoms with Crippen molar-refractivity contribution in [3.8, 4) is 0 Å². The fourth-order valence-corrected chi connectivity index (χ4v) is 3.27. The maximum atomic E-state index is 12.4. The number of carbonyl (C=O) groups excluding carboxylic acids is 1. The molecule has 4 aromatic rings. The Morgan fingerprint density at radius 1 is 1.11 bits per heavy atom. The normalized spacial score (nSPS) is 11.0. The quantitative estimate of drug-likeness (QED) is 0.551. The number of hydrogen-bond acceptors (Lipinski definition) is 3. The van der Waals surface area contributed by atoms with E-state index in [-0.39, 0.29) is 5.91 Å². The number of benzene rings is 2. The highest BCUT2D eigenvalue weighted by Crippen LogP contribution is 2.22. The van der Waals surface area contributed by atoms with Gasteiger partial charge in [0.25, 0.3) is 0 Å². The van der Waals surface area contributed by atoms with Gasteiger partial charge in [0.1, 0.15) is 0 Å². The molecule has 2 aromatic carbocycles. The standard InChI is InChI=1S/C20H18ClN5O/c21-20-17-7-1-2-8-18(17)26(24-20)12-9-19(27)23-16-6-3-5-15(13-16)14-25-11-4-10-22-25/h1-8,10-11,13H,9,12,14H2,(H,23,27). The molecular weight excluding hydrogens is 362 g/mol. The number of anilines is 1. The molecule has 0 unspecified atom stereocenters. The van der Waals surface area contributed by atoms with E-state index < -0.39 is 0 Å². The summed E-state index contributed by atoms with van der Waals surface area (Å²) in [5.74, 6) is -0.0676. The number of fused-ring (bicyclic) bond motifs is 1. The zero-order valence-corrected chi connectivity index (χ0v) is 15.3. The van der Waals surface area contributed by atoms with E-state index in [9.17, 15) is 4.79 Å². The molecule has 2 aromatic heterocycles. The van der Waals surface area contributed by atoms with Crippen LogP contribution in [0.1, 0.15) is 12.0 Å². The van der Waals surface area contributed by atoms with Crippen LogP contribution in [-0.2, 0) is 17.9 Å². The van der Waals surface area contributed by atoms with Gasteiger partial charge in [-0.1, -0.05) is 35.9 Å². The number of carbonyl (C=O) groups is 1. The summed E-state index contributed by atoms with van der Waals surface area (Å²) < 4.78 is 3.61. The molecule has 0 saturated heterocycles. The van der Waals surface area contributed by atoms with Crippen molar-refractivity contribution in [1.29, 1.82) is 0 Å². The Labute approximate surface area is 161 Å². The summed E-state index contributed by atoms with van der Waals surface area (Å²) in [5, 5.41) is 12.8. The molecule has 0 aliphatic heterocycles. The van der Waals surface area contributed by atoms with E-state index in [4.69, 9.17) is 11.6 Å². The number of nitrogens with one attached hydrogen (secondary N) is 1. The lowest BCUT2D eigenvalue weighted by Crippen LogP contribution is -2.15. The van der Waals surface area contributed by atoms with Gasteiger partial charge in [-0.2, -0.15) is 10.2 Å². The zero-order valence-electron chi connectivity index (χ0n) is 14.5. The van der Waals surface area contributed by atoms with Crippen LogP contribution in [0.3, 0.4) is 0 Å². The SMILES string of the molecule is O=C(CCn1nc(Cl)c2ccccc21)Nc1cccc(Cn2cccn2)c1. The molecule has 0 aliphatic rings. The minimum Gasteiger partial charge on any atom is -0.326 e. The van der Waals surface area contributed by atoms with Crippen molar-refractivity contribution in [2.45, 2.75) is 19.5 Å². The topological polar surface area (TPSA) is 64.7 Å². The number of para-hydroxylation sites is 1. The van der Waals surface area contributed by atoms with Crippen LogP contribution < -0.4 is 5.32 Å². The number of hydrogen-bond donors (Lipinski definition) is 1. The van der Waals surface area contributed by atoms with Crippen molar-refractivity contribution in [2.24, 2.45) is 0 Å². The first kappa shape index (κ1) is 17.3. The second kappa shape index (κ2) is 7.63. The number of amides is 1. The van der Waals surface area contributed by atoms with Gasteiger partial charge in [-0.15, -0.1) is 0 Å². The van der Waals surface area contributed by atoms with Crippen LogP contribution in [0.4, 0.5) is 5.69 Å². The van der Waals surface area contributed by atoms with Gasteiger partial charge >= 0.3 is 0 Å². The number of aromatic nitrogens is 4. The van der Waals surface area contributed by atoms with E-state index in [0.717, 1.165) is 22.2 Å². The first-order valence-electron chi connectivity index (χ1n) is 8.66. The van der Waals surface area contributed by atoms with Gasteiger partial charge in [-0.3, -0.25) is 14.2 Å². The molecule has 0 bridgehead atoms. The van der Waals surface area contributed by atoms with Crippen molar-refractivity contribution in [3.63, 3.8) is 0 Å². The summed E-state index contributed by atoms with van der Waals surface area (Å²) in [6, 6.07) is 17.4. The number of aryl methyl sites for hydroxylation is 1. The monoisotopic (exact) mass is 379 g/mol. The molecule has 0 fully saturated rings. The van der Waals surface area contributed by atoms with Gasteiger partial charge < -0.3 is 5.32 Å². The molecule has 1 amide bonds. The van der Waals surface area contributed by atoms with Gasteiger partial charge in [-0.05, 0) is 35.9 Å². The maximum Gasteiger partial charge on any atom is 0.226 e. The third kappa shape index (κ3) is 4.01.